The van der Waals surface area contributed by atoms with Gasteiger partial charge in [-0.1, -0.05) is 12.1 Å². The second kappa shape index (κ2) is 5.95. The molecule has 21 heavy (non-hydrogen) atoms. The van der Waals surface area contributed by atoms with E-state index in [1.165, 1.54) is 0 Å². The highest BCUT2D eigenvalue weighted by atomic mass is 16.4. The van der Waals surface area contributed by atoms with E-state index in [1.54, 1.807) is 26.0 Å². The molecule has 1 aliphatic rings. The second-order valence-corrected chi connectivity index (χ2v) is 5.21. The van der Waals surface area contributed by atoms with E-state index in [-0.39, 0.29) is 17.0 Å². The van der Waals surface area contributed by atoms with E-state index in [0.717, 1.165) is 6.42 Å². The van der Waals surface area contributed by atoms with Crippen molar-refractivity contribution in [3.8, 4) is 0 Å². The maximum absolute atomic E-state index is 12.4. The molecule has 0 aliphatic carbocycles. The molecule has 1 unspecified atom stereocenters. The Morgan fingerprint density at radius 2 is 1.86 bits per heavy atom. The van der Waals surface area contributed by atoms with E-state index in [2.05, 4.69) is 10.6 Å². The summed E-state index contributed by atoms with van der Waals surface area (Å²) in [4.78, 5) is 35.5. The number of hydrogen-bond acceptors (Lipinski definition) is 3. The molecule has 2 amide bonds. The van der Waals surface area contributed by atoms with Gasteiger partial charge in [-0.2, -0.15) is 0 Å². The van der Waals surface area contributed by atoms with E-state index < -0.39 is 17.9 Å². The number of carbonyl (C=O) groups excluding carboxylic acids is 2. The van der Waals surface area contributed by atoms with Crippen molar-refractivity contribution >= 4 is 17.8 Å². The Balaban J connectivity index is 2.32. The molecule has 6 heteroatoms. The average molecular weight is 290 g/mol. The maximum Gasteiger partial charge on any atom is 0.336 e. The smallest absolute Gasteiger partial charge is 0.336 e. The van der Waals surface area contributed by atoms with Crippen LogP contribution in [-0.4, -0.2) is 35.5 Å². The molecule has 1 aliphatic heterocycles. The van der Waals surface area contributed by atoms with Crippen LogP contribution in [0.15, 0.2) is 12.1 Å². The van der Waals surface area contributed by atoms with Gasteiger partial charge in [-0.05, 0) is 37.8 Å². The molecule has 0 aromatic heterocycles. The molecule has 0 saturated carbocycles. The molecule has 2 rings (SSSR count). The topological polar surface area (TPSA) is 95.5 Å². The molecule has 1 atom stereocenters. The SMILES string of the molecule is Cc1ccc(C)c(C(=O)NC2CCCNC2=O)c1C(=O)O. The van der Waals surface area contributed by atoms with Gasteiger partial charge in [0.05, 0.1) is 11.1 Å². The summed E-state index contributed by atoms with van der Waals surface area (Å²) < 4.78 is 0. The standard InChI is InChI=1S/C15H18N2O4/c1-8-5-6-9(2)12(15(20)21)11(8)14(19)17-10-4-3-7-16-13(10)18/h5-6,10H,3-4,7H2,1-2H3,(H,16,18)(H,17,19)(H,20,21). The predicted molar refractivity (Wildman–Crippen MR) is 76.4 cm³/mol. The van der Waals surface area contributed by atoms with Crippen molar-refractivity contribution in [2.24, 2.45) is 0 Å². The van der Waals surface area contributed by atoms with E-state index in [9.17, 15) is 19.5 Å². The van der Waals surface area contributed by atoms with Crippen LogP contribution in [-0.2, 0) is 4.79 Å². The first-order valence-corrected chi connectivity index (χ1v) is 6.84. The molecular formula is C15H18N2O4. The summed E-state index contributed by atoms with van der Waals surface area (Å²) in [6, 6.07) is 2.77. The molecule has 1 aromatic carbocycles. The van der Waals surface area contributed by atoms with Crippen molar-refractivity contribution in [3.05, 3.63) is 34.4 Å². The normalized spacial score (nSPS) is 18.0. The van der Waals surface area contributed by atoms with E-state index in [1.807, 2.05) is 0 Å². The number of nitrogens with one attached hydrogen (secondary N) is 2. The monoisotopic (exact) mass is 290 g/mol. The van der Waals surface area contributed by atoms with Crippen LogP contribution in [0.4, 0.5) is 0 Å². The quantitative estimate of drug-likeness (QED) is 0.774. The summed E-state index contributed by atoms with van der Waals surface area (Å²) in [6.45, 7) is 3.93. The summed E-state index contributed by atoms with van der Waals surface area (Å²) in [5.74, 6) is -1.89. The summed E-state index contributed by atoms with van der Waals surface area (Å²) in [6.07, 6.45) is 1.35. The fourth-order valence-corrected chi connectivity index (χ4v) is 2.52. The van der Waals surface area contributed by atoms with Crippen LogP contribution in [0.1, 0.15) is 44.7 Å². The Labute approximate surface area is 122 Å². The number of aromatic carboxylic acids is 1. The first-order valence-electron chi connectivity index (χ1n) is 6.84. The maximum atomic E-state index is 12.4. The zero-order valence-corrected chi connectivity index (χ0v) is 12.0. The van der Waals surface area contributed by atoms with Crippen LogP contribution in [0.25, 0.3) is 0 Å². The van der Waals surface area contributed by atoms with Crippen LogP contribution in [0, 0.1) is 13.8 Å². The van der Waals surface area contributed by atoms with E-state index >= 15 is 0 Å². The number of rotatable bonds is 3. The van der Waals surface area contributed by atoms with Gasteiger partial charge in [0.1, 0.15) is 6.04 Å². The van der Waals surface area contributed by atoms with Crippen molar-refractivity contribution in [2.75, 3.05) is 6.54 Å². The van der Waals surface area contributed by atoms with Gasteiger partial charge < -0.3 is 15.7 Å². The highest BCUT2D eigenvalue weighted by Crippen LogP contribution is 2.19. The van der Waals surface area contributed by atoms with Gasteiger partial charge in [0.25, 0.3) is 5.91 Å². The minimum absolute atomic E-state index is 0.0104. The third-order valence-corrected chi connectivity index (χ3v) is 3.65. The Kier molecular flexibility index (Phi) is 4.26. The molecule has 1 saturated heterocycles. The number of aryl methyl sites for hydroxylation is 2. The number of piperidine rings is 1. The van der Waals surface area contributed by atoms with Crippen LogP contribution < -0.4 is 10.6 Å². The third kappa shape index (κ3) is 3.04. The van der Waals surface area contributed by atoms with Crippen molar-refractivity contribution in [3.63, 3.8) is 0 Å². The van der Waals surface area contributed by atoms with Gasteiger partial charge in [0.15, 0.2) is 0 Å². The van der Waals surface area contributed by atoms with Gasteiger partial charge >= 0.3 is 5.97 Å². The molecule has 1 heterocycles. The molecule has 6 nitrogen and oxygen atoms in total. The van der Waals surface area contributed by atoms with Crippen molar-refractivity contribution in [1.82, 2.24) is 10.6 Å². The van der Waals surface area contributed by atoms with Crippen LogP contribution in [0.3, 0.4) is 0 Å². The molecule has 0 radical (unpaired) electrons. The summed E-state index contributed by atoms with van der Waals surface area (Å²) in [5, 5.41) is 14.6. The summed E-state index contributed by atoms with van der Waals surface area (Å²) in [5.41, 5.74) is 1.21. The molecule has 1 aromatic rings. The fourth-order valence-electron chi connectivity index (χ4n) is 2.52. The number of amides is 2. The molecule has 3 N–H and O–H groups in total. The molecule has 0 spiro atoms. The van der Waals surface area contributed by atoms with Gasteiger partial charge in [-0.25, -0.2) is 4.79 Å². The Bertz CT molecular complexity index is 610. The van der Waals surface area contributed by atoms with Crippen molar-refractivity contribution < 1.29 is 19.5 Å². The average Bonchev–Trinajstić information content (AvgIpc) is 2.43. The number of benzene rings is 1. The lowest BCUT2D eigenvalue weighted by Crippen LogP contribution is -2.50. The largest absolute Gasteiger partial charge is 0.478 e. The number of carbonyl (C=O) groups is 3. The Hall–Kier alpha value is -2.37. The van der Waals surface area contributed by atoms with Gasteiger partial charge in [0.2, 0.25) is 5.91 Å². The van der Waals surface area contributed by atoms with Crippen LogP contribution in [0.2, 0.25) is 0 Å². The number of carboxylic acid groups (broad SMARTS) is 1. The lowest BCUT2D eigenvalue weighted by molar-refractivity contribution is -0.124. The Morgan fingerprint density at radius 1 is 1.24 bits per heavy atom. The van der Waals surface area contributed by atoms with Crippen molar-refractivity contribution in [1.29, 1.82) is 0 Å². The van der Waals surface area contributed by atoms with Crippen LogP contribution >= 0.6 is 0 Å². The van der Waals surface area contributed by atoms with Crippen molar-refractivity contribution in [2.45, 2.75) is 32.7 Å². The highest BCUT2D eigenvalue weighted by Gasteiger charge is 2.27. The molecule has 112 valence electrons. The summed E-state index contributed by atoms with van der Waals surface area (Å²) in [7, 11) is 0. The Morgan fingerprint density at radius 3 is 2.43 bits per heavy atom. The minimum Gasteiger partial charge on any atom is -0.478 e. The van der Waals surface area contributed by atoms with Gasteiger partial charge in [-0.15, -0.1) is 0 Å². The lowest BCUT2D eigenvalue weighted by atomic mass is 9.96. The zero-order valence-electron chi connectivity index (χ0n) is 12.0. The van der Waals surface area contributed by atoms with E-state index in [0.29, 0.717) is 24.1 Å². The van der Waals surface area contributed by atoms with Gasteiger partial charge in [-0.3, -0.25) is 9.59 Å². The number of hydrogen-bond donors (Lipinski definition) is 3. The first kappa shape index (κ1) is 15.0. The zero-order chi connectivity index (χ0) is 15.6. The van der Waals surface area contributed by atoms with Gasteiger partial charge in [0, 0.05) is 6.54 Å². The first-order chi connectivity index (χ1) is 9.91. The van der Waals surface area contributed by atoms with E-state index in [4.69, 9.17) is 0 Å². The number of carboxylic acids is 1. The third-order valence-electron chi connectivity index (χ3n) is 3.65. The fraction of sp³-hybridized carbons (Fsp3) is 0.400. The highest BCUT2D eigenvalue weighted by molar-refractivity contribution is 6.07. The second-order valence-electron chi connectivity index (χ2n) is 5.21. The molecular weight excluding hydrogens is 272 g/mol. The van der Waals surface area contributed by atoms with Crippen LogP contribution in [0.5, 0.6) is 0 Å². The molecule has 1 fully saturated rings. The minimum atomic E-state index is -1.14. The predicted octanol–water partition coefficient (Wildman–Crippen LogP) is 1.01. The summed E-state index contributed by atoms with van der Waals surface area (Å²) >= 11 is 0. The molecule has 0 bridgehead atoms. The lowest BCUT2D eigenvalue weighted by Gasteiger charge is -2.23.